The number of alkyl halides is 6. The van der Waals surface area contributed by atoms with Crippen molar-refractivity contribution in [3.63, 3.8) is 0 Å². The molecule has 3 N–H and O–H groups in total. The maximum atomic E-state index is 13.6. The Morgan fingerprint density at radius 3 is 2.30 bits per heavy atom. The smallest absolute Gasteiger partial charge is 0.393 e. The van der Waals surface area contributed by atoms with Crippen molar-refractivity contribution in [3.05, 3.63) is 53.4 Å². The van der Waals surface area contributed by atoms with Crippen LogP contribution in [-0.4, -0.2) is 67.4 Å². The molecule has 40 heavy (non-hydrogen) atoms. The number of carbonyl (C=O) groups excluding carboxylic acids is 1. The summed E-state index contributed by atoms with van der Waals surface area (Å²) in [5.74, 6) is -1.03. The third-order valence-electron chi connectivity index (χ3n) is 7.19. The maximum Gasteiger partial charge on any atom is 0.435 e. The van der Waals surface area contributed by atoms with E-state index in [9.17, 15) is 40.6 Å². The zero-order valence-corrected chi connectivity index (χ0v) is 20.7. The first-order valence-corrected chi connectivity index (χ1v) is 12.4. The summed E-state index contributed by atoms with van der Waals surface area (Å²) in [7, 11) is 0. The van der Waals surface area contributed by atoms with E-state index in [1.54, 1.807) is 0 Å². The maximum absolute atomic E-state index is 13.6. The van der Waals surface area contributed by atoms with Gasteiger partial charge in [-0.3, -0.25) is 4.98 Å². The van der Waals surface area contributed by atoms with Gasteiger partial charge in [0.15, 0.2) is 17.0 Å². The van der Waals surface area contributed by atoms with Gasteiger partial charge < -0.3 is 20.6 Å². The van der Waals surface area contributed by atoms with Gasteiger partial charge in [0.2, 0.25) is 0 Å². The molecule has 1 saturated carbocycles. The lowest BCUT2D eigenvalue weighted by molar-refractivity contribution is -0.142. The number of aliphatic hydroxyl groups excluding tert-OH is 1. The van der Waals surface area contributed by atoms with Crippen molar-refractivity contribution >= 4 is 17.5 Å². The van der Waals surface area contributed by atoms with Gasteiger partial charge in [0, 0.05) is 37.8 Å². The SMILES string of the molecule is O=C(NC1CCC(O)CC1)N1CC(CNc2cc(C(F)(F)F)nc3cc(C(F)(F)F)nn23)(c2ccc(F)cn2)C1. The number of nitrogens with zero attached hydrogens (tertiary/aromatic N) is 5. The number of hydrogen-bond donors (Lipinski definition) is 3. The van der Waals surface area contributed by atoms with E-state index < -0.39 is 52.5 Å². The highest BCUT2D eigenvalue weighted by atomic mass is 19.4. The molecule has 0 radical (unpaired) electrons. The van der Waals surface area contributed by atoms with Crippen molar-refractivity contribution in [2.24, 2.45) is 0 Å². The van der Waals surface area contributed by atoms with Crippen molar-refractivity contribution < 1.29 is 40.6 Å². The van der Waals surface area contributed by atoms with Crippen LogP contribution in [0, 0.1) is 5.82 Å². The molecule has 0 aromatic carbocycles. The number of amides is 2. The summed E-state index contributed by atoms with van der Waals surface area (Å²) in [6.45, 7) is -0.0667. The highest BCUT2D eigenvalue weighted by molar-refractivity contribution is 5.76. The minimum Gasteiger partial charge on any atom is -0.393 e. The molecular formula is C24H24F7N7O2. The summed E-state index contributed by atoms with van der Waals surface area (Å²) in [5.41, 5.74) is -4.16. The summed E-state index contributed by atoms with van der Waals surface area (Å²) in [6, 6.07) is 2.99. The Morgan fingerprint density at radius 2 is 1.70 bits per heavy atom. The van der Waals surface area contributed by atoms with E-state index >= 15 is 0 Å². The molecule has 216 valence electrons. The molecule has 2 amide bonds. The Morgan fingerprint density at radius 1 is 1.02 bits per heavy atom. The molecule has 2 aliphatic rings. The Labute approximate surface area is 222 Å². The van der Waals surface area contributed by atoms with E-state index in [0.29, 0.717) is 48.0 Å². The van der Waals surface area contributed by atoms with Crippen LogP contribution in [-0.2, 0) is 17.8 Å². The Kier molecular flexibility index (Phi) is 7.00. The average molecular weight is 575 g/mol. The number of pyridine rings is 1. The van der Waals surface area contributed by atoms with Crippen molar-refractivity contribution in [2.45, 2.75) is 55.6 Å². The fourth-order valence-corrected chi connectivity index (χ4v) is 5.01. The van der Waals surface area contributed by atoms with Crippen LogP contribution in [0.2, 0.25) is 0 Å². The first kappa shape index (κ1) is 27.9. The normalized spacial score (nSPS) is 21.2. The molecule has 3 aromatic rings. The molecule has 1 aliphatic heterocycles. The molecule has 0 spiro atoms. The lowest BCUT2D eigenvalue weighted by atomic mass is 9.76. The minimum absolute atomic E-state index is 0.0487. The molecule has 16 heteroatoms. The van der Waals surface area contributed by atoms with Crippen LogP contribution in [0.5, 0.6) is 0 Å². The van der Waals surface area contributed by atoms with E-state index in [-0.39, 0.29) is 31.7 Å². The molecule has 3 aromatic heterocycles. The van der Waals surface area contributed by atoms with Crippen LogP contribution >= 0.6 is 0 Å². The van der Waals surface area contributed by atoms with Gasteiger partial charge in [-0.05, 0) is 37.8 Å². The standard InChI is InChI=1S/C24H24F7N7O2/c25-13-1-6-16(32-9-13)22(11-37(12-22)21(40)34-14-2-4-15(39)5-3-14)10-33-19-7-17(23(26,27)28)35-20-8-18(24(29,30)31)36-38(19)20/h1,6-9,14-15,33,39H,2-5,10-12H2,(H,34,40). The van der Waals surface area contributed by atoms with Crippen LogP contribution in [0.25, 0.3) is 5.65 Å². The van der Waals surface area contributed by atoms with Crippen molar-refractivity contribution in [2.75, 3.05) is 25.0 Å². The molecule has 0 bridgehead atoms. The number of rotatable bonds is 5. The number of hydrogen-bond acceptors (Lipinski definition) is 6. The zero-order chi connectivity index (χ0) is 28.9. The van der Waals surface area contributed by atoms with E-state index in [4.69, 9.17) is 0 Å². The minimum atomic E-state index is -4.95. The quantitative estimate of drug-likeness (QED) is 0.398. The number of anilines is 1. The number of fused-ring (bicyclic) bond motifs is 1. The monoisotopic (exact) mass is 575 g/mol. The Balaban J connectivity index is 1.40. The molecule has 0 atom stereocenters. The number of nitrogens with one attached hydrogen (secondary N) is 2. The Hall–Kier alpha value is -3.69. The largest absolute Gasteiger partial charge is 0.435 e. The molecule has 4 heterocycles. The topological polar surface area (TPSA) is 108 Å². The third kappa shape index (κ3) is 5.62. The summed E-state index contributed by atoms with van der Waals surface area (Å²) in [4.78, 5) is 21.7. The molecule has 1 aliphatic carbocycles. The number of halogens is 7. The van der Waals surface area contributed by atoms with Crippen LogP contribution in [0.1, 0.15) is 42.8 Å². The molecule has 0 unspecified atom stereocenters. The molecule has 9 nitrogen and oxygen atoms in total. The van der Waals surface area contributed by atoms with Crippen LogP contribution in [0.4, 0.5) is 41.3 Å². The number of carbonyl (C=O) groups is 1. The molecular weight excluding hydrogens is 551 g/mol. The first-order chi connectivity index (χ1) is 18.7. The van der Waals surface area contributed by atoms with Crippen molar-refractivity contribution in [1.29, 1.82) is 0 Å². The van der Waals surface area contributed by atoms with Gasteiger partial charge in [-0.2, -0.15) is 36.0 Å². The van der Waals surface area contributed by atoms with Crippen molar-refractivity contribution in [3.8, 4) is 0 Å². The van der Waals surface area contributed by atoms with Gasteiger partial charge >= 0.3 is 18.4 Å². The summed E-state index contributed by atoms with van der Waals surface area (Å²) < 4.78 is 94.4. The number of urea groups is 1. The van der Waals surface area contributed by atoms with E-state index in [0.717, 1.165) is 12.3 Å². The first-order valence-electron chi connectivity index (χ1n) is 12.4. The van der Waals surface area contributed by atoms with Crippen molar-refractivity contribution in [1.82, 2.24) is 29.8 Å². The van der Waals surface area contributed by atoms with Gasteiger partial charge in [0.1, 0.15) is 11.6 Å². The summed E-state index contributed by atoms with van der Waals surface area (Å²) >= 11 is 0. The fraction of sp³-hybridized carbons (Fsp3) is 0.500. The number of aliphatic hydroxyl groups is 1. The van der Waals surface area contributed by atoms with E-state index in [2.05, 4.69) is 25.7 Å². The lowest BCUT2D eigenvalue weighted by Gasteiger charge is -2.50. The van der Waals surface area contributed by atoms with Crippen LogP contribution in [0.15, 0.2) is 30.5 Å². The average Bonchev–Trinajstić information content (AvgIpc) is 3.30. The van der Waals surface area contributed by atoms with Gasteiger partial charge in [0.25, 0.3) is 0 Å². The summed E-state index contributed by atoms with van der Waals surface area (Å²) in [6.07, 6.45) is -6.97. The Bertz CT molecular complexity index is 1380. The van der Waals surface area contributed by atoms with Crippen LogP contribution in [0.3, 0.4) is 0 Å². The fourth-order valence-electron chi connectivity index (χ4n) is 5.01. The van der Waals surface area contributed by atoms with Gasteiger partial charge in [0.05, 0.1) is 23.4 Å². The second kappa shape index (κ2) is 10.1. The second-order valence-corrected chi connectivity index (χ2v) is 10.1. The number of aromatic nitrogens is 4. The predicted molar refractivity (Wildman–Crippen MR) is 126 cm³/mol. The highest BCUT2D eigenvalue weighted by Crippen LogP contribution is 2.36. The van der Waals surface area contributed by atoms with E-state index in [1.165, 1.54) is 11.0 Å². The molecule has 1 saturated heterocycles. The third-order valence-corrected chi connectivity index (χ3v) is 7.19. The predicted octanol–water partition coefficient (Wildman–Crippen LogP) is 3.98. The summed E-state index contributed by atoms with van der Waals surface area (Å²) in [5, 5.41) is 18.7. The van der Waals surface area contributed by atoms with Crippen LogP contribution < -0.4 is 10.6 Å². The highest BCUT2D eigenvalue weighted by Gasteiger charge is 2.48. The lowest BCUT2D eigenvalue weighted by Crippen LogP contribution is -2.66. The number of likely N-dealkylation sites (tertiary alicyclic amines) is 1. The zero-order valence-electron chi connectivity index (χ0n) is 20.7. The van der Waals surface area contributed by atoms with Gasteiger partial charge in [-0.15, -0.1) is 0 Å². The van der Waals surface area contributed by atoms with Gasteiger partial charge in [-0.1, -0.05) is 0 Å². The van der Waals surface area contributed by atoms with E-state index in [1.807, 2.05) is 0 Å². The second-order valence-electron chi connectivity index (χ2n) is 10.1. The van der Waals surface area contributed by atoms with Gasteiger partial charge in [-0.25, -0.2) is 14.2 Å². The molecule has 5 rings (SSSR count). The molecule has 2 fully saturated rings.